The Hall–Kier alpha value is -3.28. The van der Waals surface area contributed by atoms with Gasteiger partial charge in [0.2, 0.25) is 5.56 Å². The van der Waals surface area contributed by atoms with Crippen LogP contribution < -0.4 is 15.6 Å². The van der Waals surface area contributed by atoms with Crippen molar-refractivity contribution in [1.29, 1.82) is 0 Å². The van der Waals surface area contributed by atoms with Crippen LogP contribution in [0.25, 0.3) is 10.9 Å². The van der Waals surface area contributed by atoms with Gasteiger partial charge >= 0.3 is 6.03 Å². The molecule has 0 aliphatic carbocycles. The number of amides is 2. The van der Waals surface area contributed by atoms with E-state index in [0.717, 1.165) is 22.9 Å². The van der Waals surface area contributed by atoms with Gasteiger partial charge < -0.3 is 19.9 Å². The summed E-state index contributed by atoms with van der Waals surface area (Å²) < 4.78 is 5.59. The molecule has 0 aliphatic heterocycles. The fourth-order valence-electron chi connectivity index (χ4n) is 3.18. The van der Waals surface area contributed by atoms with Gasteiger partial charge in [0, 0.05) is 30.1 Å². The van der Waals surface area contributed by atoms with Crippen LogP contribution in [0.15, 0.2) is 59.4 Å². The third kappa shape index (κ3) is 4.52. The molecule has 0 bridgehead atoms. The number of hydrogen-bond acceptors (Lipinski definition) is 3. The highest BCUT2D eigenvalue weighted by molar-refractivity contribution is 5.91. The van der Waals surface area contributed by atoms with Crippen LogP contribution in [0.5, 0.6) is 5.75 Å². The normalized spacial score (nSPS) is 10.6. The molecule has 0 fully saturated rings. The van der Waals surface area contributed by atoms with Gasteiger partial charge in [-0.2, -0.15) is 0 Å². The van der Waals surface area contributed by atoms with Crippen LogP contribution in [0.1, 0.15) is 25.8 Å². The minimum Gasteiger partial charge on any atom is -0.492 e. The maximum Gasteiger partial charge on any atom is 0.322 e. The van der Waals surface area contributed by atoms with Crippen molar-refractivity contribution in [2.45, 2.75) is 26.8 Å². The molecule has 1 aromatic heterocycles. The fraction of sp³-hybridized carbons (Fsp3) is 0.273. The molecule has 0 saturated carbocycles. The zero-order valence-corrected chi connectivity index (χ0v) is 16.2. The van der Waals surface area contributed by atoms with Crippen LogP contribution >= 0.6 is 0 Å². The standard InChI is InChI=1S/C22H25N3O3/c1-3-13-25(22(27)24-19-11-7-8-12-20(19)28-4-2)15-16-14-21(26)23-18-10-6-5-9-17(16)18/h5-12,14H,3-4,13,15H2,1-2H3,(H,23,26)(H,24,27). The second-order valence-electron chi connectivity index (χ2n) is 6.49. The van der Waals surface area contributed by atoms with Crippen LogP contribution in [0.4, 0.5) is 10.5 Å². The lowest BCUT2D eigenvalue weighted by Gasteiger charge is -2.24. The number of H-pyrrole nitrogens is 1. The number of carbonyl (C=O) groups is 1. The van der Waals surface area contributed by atoms with Crippen molar-refractivity contribution in [1.82, 2.24) is 9.88 Å². The largest absolute Gasteiger partial charge is 0.492 e. The smallest absolute Gasteiger partial charge is 0.322 e. The number of ether oxygens (including phenoxy) is 1. The van der Waals surface area contributed by atoms with Gasteiger partial charge in [0.15, 0.2) is 0 Å². The molecule has 3 aromatic rings. The van der Waals surface area contributed by atoms with Crippen LogP contribution in [0, 0.1) is 0 Å². The van der Waals surface area contributed by atoms with Gasteiger partial charge in [-0.3, -0.25) is 4.79 Å². The molecule has 0 spiro atoms. The molecule has 2 aromatic carbocycles. The van der Waals surface area contributed by atoms with Gasteiger partial charge in [0.05, 0.1) is 12.3 Å². The molecule has 0 saturated heterocycles. The summed E-state index contributed by atoms with van der Waals surface area (Å²) in [6.07, 6.45) is 0.807. The number of carbonyl (C=O) groups excluding carboxylic acids is 1. The summed E-state index contributed by atoms with van der Waals surface area (Å²) in [5.74, 6) is 0.636. The van der Waals surface area contributed by atoms with Gasteiger partial charge in [-0.25, -0.2) is 4.79 Å². The number of aromatic nitrogens is 1. The number of fused-ring (bicyclic) bond motifs is 1. The van der Waals surface area contributed by atoms with E-state index < -0.39 is 0 Å². The average Bonchev–Trinajstić information content (AvgIpc) is 2.69. The van der Waals surface area contributed by atoms with Crippen molar-refractivity contribution < 1.29 is 9.53 Å². The molecule has 0 radical (unpaired) electrons. The van der Waals surface area contributed by atoms with Crippen molar-refractivity contribution in [3.8, 4) is 5.75 Å². The molecular formula is C22H25N3O3. The Labute approximate surface area is 164 Å². The molecule has 146 valence electrons. The Morgan fingerprint density at radius 2 is 1.86 bits per heavy atom. The quantitative estimate of drug-likeness (QED) is 0.640. The number of urea groups is 1. The second-order valence-corrected chi connectivity index (χ2v) is 6.49. The first kappa shape index (κ1) is 19.5. The molecule has 2 amide bonds. The Bertz CT molecular complexity index is 1010. The molecule has 1 heterocycles. The van der Waals surface area contributed by atoms with Crippen molar-refractivity contribution >= 4 is 22.6 Å². The first-order chi connectivity index (χ1) is 13.6. The molecular weight excluding hydrogens is 354 g/mol. The van der Waals surface area contributed by atoms with Gasteiger partial charge in [-0.05, 0) is 37.1 Å². The van der Waals surface area contributed by atoms with Crippen LogP contribution in [0.3, 0.4) is 0 Å². The summed E-state index contributed by atoms with van der Waals surface area (Å²) in [4.78, 5) is 29.5. The second kappa shape index (κ2) is 9.08. The minimum atomic E-state index is -0.224. The predicted octanol–water partition coefficient (Wildman–Crippen LogP) is 4.37. The monoisotopic (exact) mass is 379 g/mol. The molecule has 6 nitrogen and oxygen atoms in total. The van der Waals surface area contributed by atoms with E-state index in [1.807, 2.05) is 62.4 Å². The van der Waals surface area contributed by atoms with Crippen LogP contribution in [-0.2, 0) is 6.54 Å². The predicted molar refractivity (Wildman–Crippen MR) is 112 cm³/mol. The lowest BCUT2D eigenvalue weighted by atomic mass is 10.1. The zero-order chi connectivity index (χ0) is 19.9. The highest BCUT2D eigenvalue weighted by atomic mass is 16.5. The van der Waals surface area contributed by atoms with E-state index in [9.17, 15) is 9.59 Å². The first-order valence-corrected chi connectivity index (χ1v) is 9.51. The highest BCUT2D eigenvalue weighted by Crippen LogP contribution is 2.24. The number of rotatable bonds is 7. The minimum absolute atomic E-state index is 0.174. The number of anilines is 1. The van der Waals surface area contributed by atoms with E-state index in [0.29, 0.717) is 31.1 Å². The molecule has 2 N–H and O–H groups in total. The number of aromatic amines is 1. The summed E-state index contributed by atoms with van der Waals surface area (Å²) in [5, 5.41) is 3.88. The Balaban J connectivity index is 1.86. The Morgan fingerprint density at radius 3 is 2.64 bits per heavy atom. The summed E-state index contributed by atoms with van der Waals surface area (Å²) in [7, 11) is 0. The third-order valence-corrected chi connectivity index (χ3v) is 4.41. The summed E-state index contributed by atoms with van der Waals surface area (Å²) >= 11 is 0. The molecule has 3 rings (SSSR count). The topological polar surface area (TPSA) is 74.4 Å². The number of nitrogens with one attached hydrogen (secondary N) is 2. The highest BCUT2D eigenvalue weighted by Gasteiger charge is 2.17. The molecule has 6 heteroatoms. The average molecular weight is 379 g/mol. The van der Waals surface area contributed by atoms with E-state index in [2.05, 4.69) is 10.3 Å². The van der Waals surface area contributed by atoms with Crippen LogP contribution in [-0.4, -0.2) is 29.1 Å². The van der Waals surface area contributed by atoms with Gasteiger partial charge in [-0.15, -0.1) is 0 Å². The van der Waals surface area contributed by atoms with E-state index in [1.165, 1.54) is 0 Å². The molecule has 0 unspecified atom stereocenters. The SMILES string of the molecule is CCCN(Cc1cc(=O)[nH]c2ccccc12)C(=O)Nc1ccccc1OCC. The van der Waals surface area contributed by atoms with E-state index in [4.69, 9.17) is 4.74 Å². The van der Waals surface area contributed by atoms with Crippen molar-refractivity contribution in [2.75, 3.05) is 18.5 Å². The molecule has 28 heavy (non-hydrogen) atoms. The number of benzene rings is 2. The molecule has 0 aliphatic rings. The number of pyridine rings is 1. The maximum atomic E-state index is 13.0. The maximum absolute atomic E-state index is 13.0. The van der Waals surface area contributed by atoms with Gasteiger partial charge in [0.1, 0.15) is 5.75 Å². The third-order valence-electron chi connectivity index (χ3n) is 4.41. The Morgan fingerprint density at radius 1 is 1.11 bits per heavy atom. The Kier molecular flexibility index (Phi) is 6.32. The molecule has 0 atom stereocenters. The van der Waals surface area contributed by atoms with E-state index in [1.54, 1.807) is 11.0 Å². The zero-order valence-electron chi connectivity index (χ0n) is 16.2. The first-order valence-electron chi connectivity index (χ1n) is 9.51. The van der Waals surface area contributed by atoms with Crippen molar-refractivity contribution in [3.05, 3.63) is 70.5 Å². The summed E-state index contributed by atoms with van der Waals surface area (Å²) in [6.45, 7) is 5.36. The van der Waals surface area contributed by atoms with E-state index in [-0.39, 0.29) is 11.6 Å². The van der Waals surface area contributed by atoms with Crippen molar-refractivity contribution in [3.63, 3.8) is 0 Å². The van der Waals surface area contributed by atoms with Crippen molar-refractivity contribution in [2.24, 2.45) is 0 Å². The number of para-hydroxylation sites is 3. The number of nitrogens with zero attached hydrogens (tertiary/aromatic N) is 1. The van der Waals surface area contributed by atoms with E-state index >= 15 is 0 Å². The summed E-state index contributed by atoms with van der Waals surface area (Å²) in [5.41, 5.74) is 2.04. The number of hydrogen-bond donors (Lipinski definition) is 2. The summed E-state index contributed by atoms with van der Waals surface area (Å²) in [6, 6.07) is 16.3. The van der Waals surface area contributed by atoms with Crippen LogP contribution in [0.2, 0.25) is 0 Å². The van der Waals surface area contributed by atoms with Gasteiger partial charge in [0.25, 0.3) is 0 Å². The lowest BCUT2D eigenvalue weighted by Crippen LogP contribution is -2.35. The van der Waals surface area contributed by atoms with Gasteiger partial charge in [-0.1, -0.05) is 37.3 Å². The fourth-order valence-corrected chi connectivity index (χ4v) is 3.18. The lowest BCUT2D eigenvalue weighted by molar-refractivity contribution is 0.209.